The Morgan fingerprint density at radius 1 is 0.363 bits per heavy atom. The zero-order chi connectivity index (χ0) is 72.4. The number of aromatic carboxylic acids is 6. The fourth-order valence-electron chi connectivity index (χ4n) is 10.9. The van der Waals surface area contributed by atoms with E-state index in [4.69, 9.17) is 30.6 Å². The molecule has 0 unspecified atom stereocenters. The number of carbonyl (C=O) groups is 6. The van der Waals surface area contributed by atoms with Gasteiger partial charge in [-0.1, -0.05) is 36.4 Å². The number of aryl methyl sites for hydroxylation is 3. The molecule has 0 bridgehead atoms. The molecular formula is C69H78F3N9O21. The summed E-state index contributed by atoms with van der Waals surface area (Å²) in [5, 5.41) is 90.8. The first-order chi connectivity index (χ1) is 47.2. The normalized spacial score (nSPS) is 12.9. The number of benzene rings is 6. The summed E-state index contributed by atoms with van der Waals surface area (Å²) >= 11 is 0. The molecule has 12 rings (SSSR count). The molecule has 3 aromatic heterocycles. The van der Waals surface area contributed by atoms with Crippen molar-refractivity contribution in [2.45, 2.75) is 40.4 Å². The molecule has 18 N–H and O–H groups in total. The van der Waals surface area contributed by atoms with Crippen LogP contribution in [0, 0.1) is 17.5 Å². The second-order valence-electron chi connectivity index (χ2n) is 22.4. The van der Waals surface area contributed by atoms with E-state index in [9.17, 15) is 71.6 Å². The number of aromatic nitrogens is 3. The van der Waals surface area contributed by atoms with Crippen molar-refractivity contribution in [3.05, 3.63) is 209 Å². The number of nitrogens with two attached hydrogens (primary N) is 3. The number of quaternary nitrogens is 3. The van der Waals surface area contributed by atoms with Crippen LogP contribution < -0.4 is 62.3 Å². The Morgan fingerprint density at radius 3 is 0.745 bits per heavy atom. The van der Waals surface area contributed by atoms with Crippen molar-refractivity contribution >= 4 is 85.6 Å². The first-order valence-corrected chi connectivity index (χ1v) is 31.2. The molecule has 0 aliphatic carbocycles. The molecule has 102 heavy (non-hydrogen) atoms. The number of nitrogens with zero attached hydrogens (tertiary/aromatic N) is 6. The predicted molar refractivity (Wildman–Crippen MR) is 363 cm³/mol. The Balaban J connectivity index is 0.000000268. The van der Waals surface area contributed by atoms with Crippen LogP contribution in [0.1, 0.15) is 82.9 Å². The minimum atomic E-state index is -1.30. The minimum absolute atomic E-state index is 0. The van der Waals surface area contributed by atoms with E-state index in [2.05, 4.69) is 16.0 Å². The van der Waals surface area contributed by atoms with Gasteiger partial charge in [-0.3, -0.25) is 14.4 Å². The van der Waals surface area contributed by atoms with E-state index in [0.29, 0.717) is 53.2 Å². The maximum absolute atomic E-state index is 14.5. The van der Waals surface area contributed by atoms with Crippen LogP contribution in [0.5, 0.6) is 17.2 Å². The highest BCUT2D eigenvalue weighted by atomic mass is 19.1. The Hall–Kier alpha value is -11.9. The van der Waals surface area contributed by atoms with Crippen molar-refractivity contribution in [2.24, 2.45) is 0 Å². The monoisotopic (exact) mass is 1430 g/mol. The number of carboxylic acids is 6. The minimum Gasteiger partial charge on any atom is -0.872 e. The third-order valence-corrected chi connectivity index (χ3v) is 16.1. The van der Waals surface area contributed by atoms with Gasteiger partial charge in [0, 0.05) is 54.4 Å². The van der Waals surface area contributed by atoms with Gasteiger partial charge in [0.15, 0.2) is 0 Å². The van der Waals surface area contributed by atoms with Gasteiger partial charge in [-0.2, -0.15) is 0 Å². The van der Waals surface area contributed by atoms with Crippen molar-refractivity contribution in [2.75, 3.05) is 93.2 Å². The first kappa shape index (κ1) is 82.5. The molecule has 9 aromatic rings. The summed E-state index contributed by atoms with van der Waals surface area (Å²) in [6.07, 6.45) is 4.00. The van der Waals surface area contributed by atoms with E-state index >= 15 is 0 Å². The van der Waals surface area contributed by atoms with E-state index in [1.165, 1.54) is 110 Å². The SMILES string of the molecule is CCn1cc(C(=O)O)c(=O)c2cc(F)c(N3CC[NH2+]CC3)cc21.CCn1cc(C(=O)O)c(=O)c2cc(F)c(N3CC[NH2+]CC3)cc21.CCn1cc(C(=O)O)c(=O)c2cc(F)c(N3CC[NH2+]CC3)cc21.O.O.O.O=C(O)c1ccc([O-])cc1.O=C(O)c1ccc([O-])cc1.O=C(O)c1ccc([O-])cc1. The van der Waals surface area contributed by atoms with E-state index in [1.807, 2.05) is 35.5 Å². The Morgan fingerprint density at radius 2 is 0.569 bits per heavy atom. The number of hydrogen-bond acceptors (Lipinski definition) is 15. The van der Waals surface area contributed by atoms with Gasteiger partial charge < -0.3 is 107 Å². The summed E-state index contributed by atoms with van der Waals surface area (Å²) in [5.41, 5.74) is 0.575. The summed E-state index contributed by atoms with van der Waals surface area (Å²) in [7, 11) is 0. The van der Waals surface area contributed by atoms with Gasteiger partial charge in [0.25, 0.3) is 0 Å². The van der Waals surface area contributed by atoms with Crippen molar-refractivity contribution in [1.82, 2.24) is 13.7 Å². The summed E-state index contributed by atoms with van der Waals surface area (Å²) in [5.74, 6) is -8.91. The molecule has 30 nitrogen and oxygen atoms in total. The van der Waals surface area contributed by atoms with E-state index in [0.717, 1.165) is 78.5 Å². The smallest absolute Gasteiger partial charge is 0.341 e. The highest BCUT2D eigenvalue weighted by Gasteiger charge is 2.25. The lowest BCUT2D eigenvalue weighted by Crippen LogP contribution is -2.89. The quantitative estimate of drug-likeness (QED) is 0.0753. The van der Waals surface area contributed by atoms with Crippen molar-refractivity contribution < 1.29 is 120 Å². The number of carboxylic acid groups (broad SMARTS) is 6. The zero-order valence-electron chi connectivity index (χ0n) is 55.4. The molecule has 3 fully saturated rings. The maximum atomic E-state index is 14.5. The summed E-state index contributed by atoms with van der Waals surface area (Å²) < 4.78 is 48.6. The number of fused-ring (bicyclic) bond motifs is 3. The van der Waals surface area contributed by atoms with E-state index < -0.39 is 69.6 Å². The average Bonchev–Trinajstić information content (AvgIpc) is 0.778. The van der Waals surface area contributed by atoms with Gasteiger partial charge in [0.1, 0.15) is 34.1 Å². The molecule has 0 atom stereocenters. The number of halogens is 3. The summed E-state index contributed by atoms with van der Waals surface area (Å²) in [6, 6.07) is 23.5. The Bertz CT molecular complexity index is 4170. The zero-order valence-corrected chi connectivity index (χ0v) is 55.4. The largest absolute Gasteiger partial charge is 0.872 e. The third kappa shape index (κ3) is 20.6. The first-order valence-electron chi connectivity index (χ1n) is 31.2. The molecule has 33 heteroatoms. The molecular weight excluding hydrogens is 1350 g/mol. The molecule has 0 amide bonds. The molecule has 6 heterocycles. The fraction of sp³-hybridized carbons (Fsp3) is 0.261. The molecule has 0 spiro atoms. The third-order valence-electron chi connectivity index (χ3n) is 16.1. The lowest BCUT2D eigenvalue weighted by atomic mass is 10.1. The number of rotatable bonds is 12. The number of pyridine rings is 3. The van der Waals surface area contributed by atoms with Crippen LogP contribution in [0.3, 0.4) is 0 Å². The van der Waals surface area contributed by atoms with Crippen LogP contribution in [-0.4, -0.2) is 175 Å². The van der Waals surface area contributed by atoms with Gasteiger partial charge in [0.05, 0.1) is 129 Å². The summed E-state index contributed by atoms with van der Waals surface area (Å²) in [6.45, 7) is 16.9. The number of piperazine rings is 3. The van der Waals surface area contributed by atoms with Crippen molar-refractivity contribution in [3.63, 3.8) is 0 Å². The van der Waals surface area contributed by atoms with Gasteiger partial charge in [-0.25, -0.2) is 41.9 Å². The number of hydrogen-bond donors (Lipinski definition) is 9. The summed E-state index contributed by atoms with van der Waals surface area (Å²) in [4.78, 5) is 107. The van der Waals surface area contributed by atoms with Gasteiger partial charge in [-0.15, -0.1) is 17.2 Å². The lowest BCUT2D eigenvalue weighted by molar-refractivity contribution is -0.655. The molecule has 3 aliphatic heterocycles. The van der Waals surface area contributed by atoms with Gasteiger partial charge >= 0.3 is 35.8 Å². The van der Waals surface area contributed by atoms with Crippen LogP contribution in [-0.2, 0) is 19.6 Å². The molecule has 6 aromatic carbocycles. The highest BCUT2D eigenvalue weighted by Crippen LogP contribution is 2.29. The Labute approximate surface area is 577 Å². The average molecular weight is 1430 g/mol. The van der Waals surface area contributed by atoms with Crippen LogP contribution in [0.25, 0.3) is 32.7 Å². The molecule has 0 saturated carbocycles. The van der Waals surface area contributed by atoms with Crippen LogP contribution in [0.2, 0.25) is 0 Å². The van der Waals surface area contributed by atoms with Crippen molar-refractivity contribution in [3.8, 4) is 17.2 Å². The Kier molecular flexibility index (Phi) is 30.7. The highest BCUT2D eigenvalue weighted by molar-refractivity contribution is 5.96. The molecule has 546 valence electrons. The van der Waals surface area contributed by atoms with E-state index in [-0.39, 0.29) is 83.2 Å². The van der Waals surface area contributed by atoms with Crippen molar-refractivity contribution in [1.29, 1.82) is 0 Å². The van der Waals surface area contributed by atoms with Crippen LogP contribution >= 0.6 is 0 Å². The van der Waals surface area contributed by atoms with E-state index in [1.54, 1.807) is 31.9 Å². The molecule has 3 aliphatic rings. The number of anilines is 3. The topological polar surface area (TPSA) is 513 Å². The van der Waals surface area contributed by atoms with Crippen LogP contribution in [0.4, 0.5) is 30.2 Å². The second kappa shape index (κ2) is 37.9. The second-order valence-corrected chi connectivity index (χ2v) is 22.4. The molecule has 3 saturated heterocycles. The van der Waals surface area contributed by atoms with Crippen LogP contribution in [0.15, 0.2) is 142 Å². The van der Waals surface area contributed by atoms with Gasteiger partial charge in [0.2, 0.25) is 16.3 Å². The predicted octanol–water partition coefficient (Wildman–Crippen LogP) is -0.373. The maximum Gasteiger partial charge on any atom is 0.341 e. The molecule has 0 radical (unpaired) electrons. The standard InChI is InChI=1S/3C16H18FN3O3.3C7H6O3.3H2O/c3*1-2-19-9-11(16(22)23)15(21)10-7-12(17)14(8-13(10)19)20-5-3-18-4-6-20;3*8-6-3-1-5(2-4-6)7(9)10;;;/h3*7-9,18H,2-6H2,1H3,(H,22,23);3*1-4,8H,(H,9,10);3*1H2. The fourth-order valence-corrected chi connectivity index (χ4v) is 10.9. The van der Waals surface area contributed by atoms with Gasteiger partial charge in [-0.05, 0) is 93.6 Å². The lowest BCUT2D eigenvalue weighted by Gasteiger charge is -2.28.